The number of nitrogens with zero attached hydrogens (tertiary/aromatic N) is 1. The number of benzene rings is 1. The summed E-state index contributed by atoms with van der Waals surface area (Å²) in [7, 11) is 1.63. The van der Waals surface area contributed by atoms with Gasteiger partial charge < -0.3 is 14.7 Å². The molecule has 0 aromatic heterocycles. The van der Waals surface area contributed by atoms with Crippen LogP contribution in [-0.2, 0) is 14.3 Å². The molecule has 0 saturated heterocycles. The number of anilines is 1. The average molecular weight is 299 g/mol. The van der Waals surface area contributed by atoms with Gasteiger partial charge in [0, 0.05) is 12.7 Å². The molecule has 0 aliphatic heterocycles. The second-order valence-corrected chi connectivity index (χ2v) is 5.09. The first-order valence-corrected chi connectivity index (χ1v) is 6.73. The van der Waals surface area contributed by atoms with Crippen molar-refractivity contribution in [3.8, 4) is 0 Å². The lowest BCUT2D eigenvalue weighted by atomic mass is 10.3. The number of carbonyl (C=O) groups is 2. The molecule has 0 radical (unpaired) electrons. The summed E-state index contributed by atoms with van der Waals surface area (Å²) in [5.41, 5.74) is 0.750. The van der Waals surface area contributed by atoms with Crippen molar-refractivity contribution < 1.29 is 19.4 Å². The van der Waals surface area contributed by atoms with Crippen molar-refractivity contribution in [2.45, 2.75) is 0 Å². The number of carboxylic acid groups (broad SMARTS) is 1. The predicted molar refractivity (Wildman–Crippen MR) is 78.5 cm³/mol. The molecule has 0 unspecified atom stereocenters. The number of ether oxygens (including phenoxy) is 1. The van der Waals surface area contributed by atoms with Gasteiger partial charge in [-0.25, -0.2) is 0 Å². The summed E-state index contributed by atoms with van der Waals surface area (Å²) in [6.45, 7) is -0.211. The molecule has 102 valence electrons. The van der Waals surface area contributed by atoms with Gasteiger partial charge in [-0.05, 0) is 24.4 Å². The number of hydrogen-bond acceptors (Lipinski definition) is 5. The molecule has 1 aromatic rings. The highest BCUT2D eigenvalue weighted by Crippen LogP contribution is 2.12. The van der Waals surface area contributed by atoms with Crippen LogP contribution < -0.4 is 4.90 Å². The zero-order valence-corrected chi connectivity index (χ0v) is 11.9. The molecule has 1 N–H and O–H groups in total. The molecular weight excluding hydrogens is 286 g/mol. The summed E-state index contributed by atoms with van der Waals surface area (Å²) in [5, 5.41) is 8.47. The maximum absolute atomic E-state index is 11.8. The Bertz CT molecular complexity index is 464. The van der Waals surface area contributed by atoms with Crippen molar-refractivity contribution in [2.24, 2.45) is 0 Å². The number of carbonyl (C=O) groups excluding carboxylic acids is 1. The molecule has 7 heteroatoms. The number of likely N-dealkylation sites (N-methyl/N-ethyl adjacent to an activating group) is 1. The summed E-state index contributed by atoms with van der Waals surface area (Å²) in [4.78, 5) is 23.6. The normalized spacial score (nSPS) is 9.74. The second kappa shape index (κ2) is 7.75. The van der Waals surface area contributed by atoms with Crippen LogP contribution in [0.5, 0.6) is 0 Å². The summed E-state index contributed by atoms with van der Waals surface area (Å²) >= 11 is 5.67. The minimum Gasteiger partial charge on any atom is -0.481 e. The zero-order valence-electron chi connectivity index (χ0n) is 10.2. The highest BCUT2D eigenvalue weighted by atomic mass is 32.2. The Morgan fingerprint density at radius 1 is 1.37 bits per heavy atom. The lowest BCUT2D eigenvalue weighted by molar-refractivity contribution is -0.133. The third-order valence-corrected chi connectivity index (χ3v) is 3.36. The number of carboxylic acids is 1. The summed E-state index contributed by atoms with van der Waals surface area (Å²) in [5.74, 6) is -1.42. The maximum atomic E-state index is 11.8. The zero-order chi connectivity index (χ0) is 14.3. The van der Waals surface area contributed by atoms with Crippen molar-refractivity contribution >= 4 is 45.9 Å². The fourth-order valence-corrected chi connectivity index (χ4v) is 1.79. The van der Waals surface area contributed by atoms with E-state index in [1.165, 1.54) is 4.90 Å². The van der Waals surface area contributed by atoms with E-state index in [2.05, 4.69) is 0 Å². The van der Waals surface area contributed by atoms with Gasteiger partial charge in [-0.2, -0.15) is 0 Å². The standard InChI is InChI=1S/C12H13NO4S2/c1-13(9-5-3-2-4-6-9)10(14)7-17-12(18)19-8-11(15)16/h2-6H,7-8H2,1H3,(H,15,16). The molecule has 0 aliphatic rings. The van der Waals surface area contributed by atoms with E-state index in [0.717, 1.165) is 17.4 Å². The molecule has 0 atom stereocenters. The van der Waals surface area contributed by atoms with Crippen LogP contribution in [0.1, 0.15) is 0 Å². The number of amides is 1. The number of rotatable bonds is 5. The number of aliphatic carboxylic acids is 1. The van der Waals surface area contributed by atoms with Crippen molar-refractivity contribution in [1.29, 1.82) is 0 Å². The van der Waals surface area contributed by atoms with E-state index in [9.17, 15) is 9.59 Å². The molecule has 1 amide bonds. The highest BCUT2D eigenvalue weighted by Gasteiger charge is 2.12. The Balaban J connectivity index is 2.39. The number of para-hydroxylation sites is 1. The van der Waals surface area contributed by atoms with Gasteiger partial charge in [-0.15, -0.1) is 0 Å². The van der Waals surface area contributed by atoms with Gasteiger partial charge in [0.05, 0.1) is 5.75 Å². The highest BCUT2D eigenvalue weighted by molar-refractivity contribution is 8.23. The Kier molecular flexibility index (Phi) is 6.31. The van der Waals surface area contributed by atoms with Crippen molar-refractivity contribution in [1.82, 2.24) is 0 Å². The summed E-state index contributed by atoms with van der Waals surface area (Å²) in [6.07, 6.45) is 0. The number of thioether (sulfide) groups is 1. The van der Waals surface area contributed by atoms with Crippen molar-refractivity contribution in [2.75, 3.05) is 24.3 Å². The lowest BCUT2D eigenvalue weighted by Gasteiger charge is -2.17. The van der Waals surface area contributed by atoms with Gasteiger partial charge in [-0.1, -0.05) is 30.0 Å². The van der Waals surface area contributed by atoms with E-state index in [-0.39, 0.29) is 22.6 Å². The molecule has 0 saturated carbocycles. The van der Waals surface area contributed by atoms with E-state index >= 15 is 0 Å². The van der Waals surface area contributed by atoms with Crippen LogP contribution >= 0.6 is 24.0 Å². The monoisotopic (exact) mass is 299 g/mol. The average Bonchev–Trinajstić information content (AvgIpc) is 2.42. The van der Waals surface area contributed by atoms with E-state index < -0.39 is 5.97 Å². The molecule has 1 aromatic carbocycles. The molecule has 0 heterocycles. The third kappa shape index (κ3) is 5.71. The van der Waals surface area contributed by atoms with Crippen LogP contribution in [0.3, 0.4) is 0 Å². The second-order valence-electron chi connectivity index (χ2n) is 3.51. The molecule has 0 aliphatic carbocycles. The molecular formula is C12H13NO4S2. The van der Waals surface area contributed by atoms with Gasteiger partial charge in [0.15, 0.2) is 6.61 Å². The Morgan fingerprint density at radius 3 is 2.58 bits per heavy atom. The van der Waals surface area contributed by atoms with Crippen LogP contribution in [0.2, 0.25) is 0 Å². The minimum absolute atomic E-state index is 0.0530. The van der Waals surface area contributed by atoms with Gasteiger partial charge >= 0.3 is 5.97 Å². The SMILES string of the molecule is CN(C(=O)COC(=S)SCC(=O)O)c1ccccc1. The van der Waals surface area contributed by atoms with E-state index in [1.807, 2.05) is 18.2 Å². The van der Waals surface area contributed by atoms with Crippen molar-refractivity contribution in [3.63, 3.8) is 0 Å². The number of thiocarbonyl (C=S) groups is 1. The van der Waals surface area contributed by atoms with E-state index in [1.54, 1.807) is 19.2 Å². The van der Waals surface area contributed by atoms with Gasteiger partial charge in [0.2, 0.25) is 4.38 Å². The first-order valence-electron chi connectivity index (χ1n) is 5.33. The minimum atomic E-state index is -0.983. The van der Waals surface area contributed by atoms with Gasteiger partial charge in [0.1, 0.15) is 0 Å². The maximum Gasteiger partial charge on any atom is 0.313 e. The van der Waals surface area contributed by atoms with Gasteiger partial charge in [-0.3, -0.25) is 9.59 Å². The van der Waals surface area contributed by atoms with Crippen LogP contribution in [0, 0.1) is 0 Å². The number of hydrogen-bond donors (Lipinski definition) is 1. The van der Waals surface area contributed by atoms with E-state index in [0.29, 0.717) is 0 Å². The van der Waals surface area contributed by atoms with Crippen LogP contribution in [0.25, 0.3) is 0 Å². The molecule has 0 bridgehead atoms. The fourth-order valence-electron chi connectivity index (χ4n) is 1.18. The first kappa shape index (κ1) is 15.5. The fraction of sp³-hybridized carbons (Fsp3) is 0.250. The first-order chi connectivity index (χ1) is 9.00. The molecule has 1 rings (SSSR count). The molecule has 0 spiro atoms. The quantitative estimate of drug-likeness (QED) is 0.836. The molecule has 5 nitrogen and oxygen atoms in total. The van der Waals surface area contributed by atoms with Gasteiger partial charge in [0.25, 0.3) is 5.91 Å². The Labute approximate surface area is 120 Å². The van der Waals surface area contributed by atoms with Crippen LogP contribution in [0.4, 0.5) is 5.69 Å². The Hall–Kier alpha value is -1.60. The van der Waals surface area contributed by atoms with E-state index in [4.69, 9.17) is 22.1 Å². The topological polar surface area (TPSA) is 66.8 Å². The molecule has 0 fully saturated rings. The predicted octanol–water partition coefficient (Wildman–Crippen LogP) is 1.77. The summed E-state index contributed by atoms with van der Waals surface area (Å²) in [6, 6.07) is 9.11. The summed E-state index contributed by atoms with van der Waals surface area (Å²) < 4.78 is 5.09. The van der Waals surface area contributed by atoms with Crippen molar-refractivity contribution in [3.05, 3.63) is 30.3 Å². The third-order valence-electron chi connectivity index (χ3n) is 2.14. The lowest BCUT2D eigenvalue weighted by Crippen LogP contribution is -2.30. The smallest absolute Gasteiger partial charge is 0.313 e. The largest absolute Gasteiger partial charge is 0.481 e. The van der Waals surface area contributed by atoms with Crippen LogP contribution in [-0.4, -0.2) is 40.8 Å². The van der Waals surface area contributed by atoms with Crippen LogP contribution in [0.15, 0.2) is 30.3 Å². The molecule has 19 heavy (non-hydrogen) atoms. The Morgan fingerprint density at radius 2 is 2.00 bits per heavy atom.